The number of methoxy groups -OCH3 is 2. The maximum Gasteiger partial charge on any atom is 0.260 e. The fraction of sp³-hybridized carbons (Fsp3) is 0.241. The molecule has 1 aromatic heterocycles. The molecule has 0 saturated carbocycles. The zero-order chi connectivity index (χ0) is 27.0. The number of halogens is 1. The van der Waals surface area contributed by atoms with Crippen LogP contribution in [0.1, 0.15) is 27.0 Å². The number of fused-ring (bicyclic) bond motifs is 1. The number of nitrogens with one attached hydrogen (secondary N) is 1. The van der Waals surface area contributed by atoms with E-state index in [2.05, 4.69) is 0 Å². The number of carbonyl (C=O) groups is 1. The number of aryl methyl sites for hydroxylation is 2. The summed E-state index contributed by atoms with van der Waals surface area (Å²) in [4.78, 5) is 15.4. The van der Waals surface area contributed by atoms with Gasteiger partial charge in [0, 0.05) is 37.6 Å². The van der Waals surface area contributed by atoms with Crippen LogP contribution in [0.15, 0.2) is 60.9 Å². The molecule has 38 heavy (non-hydrogen) atoms. The first-order valence-corrected chi connectivity index (χ1v) is 12.1. The van der Waals surface area contributed by atoms with Gasteiger partial charge in [-0.15, -0.1) is 0 Å². The van der Waals surface area contributed by atoms with Crippen LogP contribution in [-0.4, -0.2) is 40.9 Å². The molecule has 196 valence electrons. The smallest absolute Gasteiger partial charge is 0.260 e. The van der Waals surface area contributed by atoms with E-state index in [1.54, 1.807) is 40.4 Å². The number of rotatable bonds is 7. The SMILES string of the molecule is COc1cc(CN2COc3c(cc(Cn4ccn(C)c4=N)cc3-c3ccc(F)cc3C)C2=O)cc(OC)c1. The van der Waals surface area contributed by atoms with Gasteiger partial charge in [0.2, 0.25) is 5.62 Å². The number of imidazole rings is 1. The van der Waals surface area contributed by atoms with E-state index in [0.717, 1.165) is 22.3 Å². The number of hydrogen-bond acceptors (Lipinski definition) is 5. The molecule has 1 aliphatic rings. The van der Waals surface area contributed by atoms with Gasteiger partial charge in [0.1, 0.15) is 23.1 Å². The normalized spacial score (nSPS) is 12.8. The topological polar surface area (TPSA) is 81.7 Å². The van der Waals surface area contributed by atoms with Crippen LogP contribution in [0.5, 0.6) is 17.2 Å². The number of hydrogen-bond donors (Lipinski definition) is 1. The maximum atomic E-state index is 13.9. The van der Waals surface area contributed by atoms with Gasteiger partial charge in [-0.25, -0.2) is 4.39 Å². The maximum absolute atomic E-state index is 13.9. The van der Waals surface area contributed by atoms with Crippen molar-refractivity contribution in [3.63, 3.8) is 0 Å². The first-order valence-electron chi connectivity index (χ1n) is 12.1. The molecule has 1 aliphatic heterocycles. The highest BCUT2D eigenvalue weighted by atomic mass is 19.1. The fourth-order valence-corrected chi connectivity index (χ4v) is 4.74. The summed E-state index contributed by atoms with van der Waals surface area (Å²) in [5.74, 6) is 1.23. The second-order valence-corrected chi connectivity index (χ2v) is 9.34. The number of benzene rings is 3. The zero-order valence-electron chi connectivity index (χ0n) is 21.7. The van der Waals surface area contributed by atoms with Crippen LogP contribution in [-0.2, 0) is 20.1 Å². The van der Waals surface area contributed by atoms with Crippen molar-refractivity contribution >= 4 is 5.91 Å². The van der Waals surface area contributed by atoms with Crippen LogP contribution >= 0.6 is 0 Å². The Bertz CT molecular complexity index is 1570. The number of ether oxygens (including phenoxy) is 3. The Morgan fingerprint density at radius 1 is 0.921 bits per heavy atom. The lowest BCUT2D eigenvalue weighted by Crippen LogP contribution is -2.38. The Hall–Kier alpha value is -4.53. The van der Waals surface area contributed by atoms with E-state index in [0.29, 0.717) is 47.1 Å². The quantitative estimate of drug-likeness (QED) is 0.393. The highest BCUT2D eigenvalue weighted by Crippen LogP contribution is 2.39. The summed E-state index contributed by atoms with van der Waals surface area (Å²) >= 11 is 0. The summed E-state index contributed by atoms with van der Waals surface area (Å²) in [5, 5.41) is 8.32. The predicted octanol–water partition coefficient (Wildman–Crippen LogP) is 4.48. The van der Waals surface area contributed by atoms with Crippen LogP contribution < -0.4 is 19.8 Å². The Kier molecular flexibility index (Phi) is 6.67. The molecule has 0 unspecified atom stereocenters. The summed E-state index contributed by atoms with van der Waals surface area (Å²) in [5.41, 5.74) is 4.66. The van der Waals surface area contributed by atoms with Crippen LogP contribution in [0, 0.1) is 18.2 Å². The molecule has 0 spiro atoms. The molecule has 2 heterocycles. The molecule has 4 aromatic rings. The molecule has 1 amide bonds. The number of amides is 1. The molecule has 0 saturated heterocycles. The zero-order valence-corrected chi connectivity index (χ0v) is 21.7. The van der Waals surface area contributed by atoms with E-state index < -0.39 is 0 Å². The lowest BCUT2D eigenvalue weighted by atomic mass is 9.94. The minimum Gasteiger partial charge on any atom is -0.497 e. The summed E-state index contributed by atoms with van der Waals surface area (Å²) in [6.07, 6.45) is 3.63. The monoisotopic (exact) mass is 516 g/mol. The lowest BCUT2D eigenvalue weighted by molar-refractivity contribution is 0.0499. The Balaban J connectivity index is 1.57. The van der Waals surface area contributed by atoms with Gasteiger partial charge in [0.05, 0.1) is 26.3 Å². The van der Waals surface area contributed by atoms with Crippen molar-refractivity contribution in [2.24, 2.45) is 7.05 Å². The highest BCUT2D eigenvalue weighted by molar-refractivity contribution is 6.00. The van der Waals surface area contributed by atoms with Crippen LogP contribution in [0.25, 0.3) is 11.1 Å². The van der Waals surface area contributed by atoms with Gasteiger partial charge >= 0.3 is 0 Å². The average Bonchev–Trinajstić information content (AvgIpc) is 3.22. The first kappa shape index (κ1) is 25.1. The third kappa shape index (κ3) is 4.74. The van der Waals surface area contributed by atoms with Crippen molar-refractivity contribution in [2.45, 2.75) is 20.0 Å². The van der Waals surface area contributed by atoms with Crippen molar-refractivity contribution in [1.29, 1.82) is 5.41 Å². The molecule has 0 atom stereocenters. The second-order valence-electron chi connectivity index (χ2n) is 9.34. The summed E-state index contributed by atoms with van der Waals surface area (Å²) < 4.78 is 34.4. The number of aromatic nitrogens is 2. The van der Waals surface area contributed by atoms with E-state index in [1.807, 2.05) is 50.6 Å². The van der Waals surface area contributed by atoms with E-state index >= 15 is 0 Å². The average molecular weight is 517 g/mol. The van der Waals surface area contributed by atoms with Gasteiger partial charge in [-0.05, 0) is 65.6 Å². The van der Waals surface area contributed by atoms with E-state index in [-0.39, 0.29) is 18.5 Å². The standard InChI is InChI=1S/C29H29FN4O4/c1-18-9-21(30)5-6-24(18)25-12-20(15-33-8-7-32(2)29(33)31)13-26-27(25)38-17-34(28(26)35)16-19-10-22(36-3)14-23(11-19)37-4/h5-14,31H,15-17H2,1-4H3. The molecular weight excluding hydrogens is 487 g/mol. The summed E-state index contributed by atoms with van der Waals surface area (Å²) in [6, 6.07) is 13.8. The Morgan fingerprint density at radius 3 is 2.24 bits per heavy atom. The summed E-state index contributed by atoms with van der Waals surface area (Å²) in [6.45, 7) is 2.58. The molecule has 1 N–H and O–H groups in total. The molecule has 0 aliphatic carbocycles. The molecule has 0 bridgehead atoms. The van der Waals surface area contributed by atoms with Gasteiger partial charge in [-0.3, -0.25) is 10.2 Å². The lowest BCUT2D eigenvalue weighted by Gasteiger charge is -2.31. The van der Waals surface area contributed by atoms with Crippen LogP contribution in [0.4, 0.5) is 4.39 Å². The van der Waals surface area contributed by atoms with E-state index in [4.69, 9.17) is 19.6 Å². The third-order valence-electron chi connectivity index (χ3n) is 6.72. The molecule has 3 aromatic carbocycles. The Morgan fingerprint density at radius 2 is 1.61 bits per heavy atom. The largest absolute Gasteiger partial charge is 0.497 e. The first-order chi connectivity index (χ1) is 18.3. The summed E-state index contributed by atoms with van der Waals surface area (Å²) in [7, 11) is 4.97. The molecule has 0 fully saturated rings. The van der Waals surface area contributed by atoms with E-state index in [1.165, 1.54) is 12.1 Å². The second kappa shape index (κ2) is 10.1. The minimum absolute atomic E-state index is 0.0578. The minimum atomic E-state index is -0.327. The van der Waals surface area contributed by atoms with Gasteiger partial charge in [-0.1, -0.05) is 6.07 Å². The van der Waals surface area contributed by atoms with Gasteiger partial charge in [0.25, 0.3) is 5.91 Å². The van der Waals surface area contributed by atoms with Gasteiger partial charge in [0.15, 0.2) is 6.73 Å². The molecule has 9 heteroatoms. The van der Waals surface area contributed by atoms with Crippen molar-refractivity contribution in [3.05, 3.63) is 94.6 Å². The predicted molar refractivity (Wildman–Crippen MR) is 140 cm³/mol. The molecule has 8 nitrogen and oxygen atoms in total. The third-order valence-corrected chi connectivity index (χ3v) is 6.72. The van der Waals surface area contributed by atoms with Crippen molar-refractivity contribution in [3.8, 4) is 28.4 Å². The highest BCUT2D eigenvalue weighted by Gasteiger charge is 2.30. The molecular formula is C29H29FN4O4. The van der Waals surface area contributed by atoms with Crippen molar-refractivity contribution in [2.75, 3.05) is 21.0 Å². The van der Waals surface area contributed by atoms with Gasteiger partial charge in [-0.2, -0.15) is 0 Å². The van der Waals surface area contributed by atoms with Crippen molar-refractivity contribution < 1.29 is 23.4 Å². The Labute approximate surface area is 219 Å². The van der Waals surface area contributed by atoms with Gasteiger partial charge < -0.3 is 28.2 Å². The van der Waals surface area contributed by atoms with E-state index in [9.17, 15) is 9.18 Å². The molecule has 5 rings (SSSR count). The number of nitrogens with zero attached hydrogens (tertiary/aromatic N) is 3. The molecule has 0 radical (unpaired) electrons. The fourth-order valence-electron chi connectivity index (χ4n) is 4.74. The number of carbonyl (C=O) groups excluding carboxylic acids is 1. The van der Waals surface area contributed by atoms with Crippen molar-refractivity contribution in [1.82, 2.24) is 14.0 Å². The van der Waals surface area contributed by atoms with Crippen LogP contribution in [0.3, 0.4) is 0 Å². The van der Waals surface area contributed by atoms with Crippen LogP contribution in [0.2, 0.25) is 0 Å².